The molecule has 4 nitrogen and oxygen atoms in total. The van der Waals surface area contributed by atoms with Crippen molar-refractivity contribution in [2.24, 2.45) is 0 Å². The van der Waals surface area contributed by atoms with E-state index in [2.05, 4.69) is 18.3 Å². The normalized spacial score (nSPS) is 12.0. The van der Waals surface area contributed by atoms with Crippen LogP contribution in [0.4, 0.5) is 5.69 Å². The summed E-state index contributed by atoms with van der Waals surface area (Å²) in [5, 5.41) is 4.57. The van der Waals surface area contributed by atoms with Crippen molar-refractivity contribution >= 4 is 34.3 Å². The number of anilines is 1. The molecular formula is C26H25N3OS. The summed E-state index contributed by atoms with van der Waals surface area (Å²) in [7, 11) is 0. The van der Waals surface area contributed by atoms with E-state index in [4.69, 9.17) is 9.97 Å². The van der Waals surface area contributed by atoms with Crippen LogP contribution in [0, 0.1) is 20.8 Å². The molecule has 1 atom stereocenters. The fourth-order valence-corrected chi connectivity index (χ4v) is 4.46. The van der Waals surface area contributed by atoms with Crippen LogP contribution >= 0.6 is 11.8 Å². The molecule has 31 heavy (non-hydrogen) atoms. The third-order valence-electron chi connectivity index (χ3n) is 5.31. The number of fused-ring (bicyclic) bond motifs is 1. The highest BCUT2D eigenvalue weighted by Crippen LogP contribution is 2.33. The molecule has 4 aromatic rings. The lowest BCUT2D eigenvalue weighted by molar-refractivity contribution is -0.115. The number of hydrogen-bond acceptors (Lipinski definition) is 4. The highest BCUT2D eigenvalue weighted by atomic mass is 32.2. The lowest BCUT2D eigenvalue weighted by Crippen LogP contribution is -2.23. The summed E-state index contributed by atoms with van der Waals surface area (Å²) < 4.78 is 0. The summed E-state index contributed by atoms with van der Waals surface area (Å²) in [6.07, 6.45) is 0. The third kappa shape index (κ3) is 4.47. The van der Waals surface area contributed by atoms with Gasteiger partial charge in [-0.25, -0.2) is 9.97 Å². The van der Waals surface area contributed by atoms with Crippen LogP contribution < -0.4 is 5.32 Å². The second kappa shape index (κ2) is 8.90. The van der Waals surface area contributed by atoms with Crippen LogP contribution in [-0.4, -0.2) is 21.1 Å². The fraction of sp³-hybridized carbons (Fsp3) is 0.192. The summed E-state index contributed by atoms with van der Waals surface area (Å²) in [5.74, 6) is 0.635. The van der Waals surface area contributed by atoms with Gasteiger partial charge in [0.1, 0.15) is 5.03 Å². The molecule has 0 saturated carbocycles. The van der Waals surface area contributed by atoms with E-state index in [9.17, 15) is 4.79 Å². The number of aryl methyl sites for hydroxylation is 3. The Morgan fingerprint density at radius 3 is 2.19 bits per heavy atom. The van der Waals surface area contributed by atoms with E-state index in [0.29, 0.717) is 5.82 Å². The van der Waals surface area contributed by atoms with Gasteiger partial charge in [0.2, 0.25) is 5.91 Å². The van der Waals surface area contributed by atoms with Crippen LogP contribution in [0.2, 0.25) is 0 Å². The zero-order chi connectivity index (χ0) is 22.0. The van der Waals surface area contributed by atoms with Crippen LogP contribution in [0.15, 0.2) is 71.8 Å². The summed E-state index contributed by atoms with van der Waals surface area (Å²) >= 11 is 1.47. The topological polar surface area (TPSA) is 54.9 Å². The first-order valence-corrected chi connectivity index (χ1v) is 11.2. The predicted octanol–water partition coefficient (Wildman–Crippen LogP) is 6.34. The number of amides is 1. The van der Waals surface area contributed by atoms with Crippen molar-refractivity contribution in [3.8, 4) is 11.4 Å². The minimum Gasteiger partial charge on any atom is -0.325 e. The molecule has 0 aliphatic carbocycles. The summed E-state index contributed by atoms with van der Waals surface area (Å²) in [6.45, 7) is 7.98. The van der Waals surface area contributed by atoms with Crippen LogP contribution in [0.25, 0.3) is 22.3 Å². The standard InChI is InChI=1S/C26H25N3OS/c1-16-10-8-11-17(2)22(16)28-25(30)19(4)31-26-21-15-9-12-18(3)23(21)27-24(29-26)20-13-6-5-7-14-20/h5-15,19H,1-4H3,(H,28,30)/t19-/m0/s1. The molecule has 5 heteroatoms. The van der Waals surface area contributed by atoms with Crippen molar-refractivity contribution in [1.82, 2.24) is 9.97 Å². The number of carbonyl (C=O) groups is 1. The van der Waals surface area contributed by atoms with Crippen LogP contribution in [0.1, 0.15) is 23.6 Å². The Kier molecular flexibility index (Phi) is 6.05. The van der Waals surface area contributed by atoms with Gasteiger partial charge in [0.25, 0.3) is 0 Å². The van der Waals surface area contributed by atoms with Crippen molar-refractivity contribution in [3.05, 3.63) is 83.4 Å². The quantitative estimate of drug-likeness (QED) is 0.298. The number of nitrogens with zero attached hydrogens (tertiary/aromatic N) is 2. The molecule has 0 aliphatic heterocycles. The molecule has 3 aromatic carbocycles. The lowest BCUT2D eigenvalue weighted by atomic mass is 10.1. The van der Waals surface area contributed by atoms with E-state index in [-0.39, 0.29) is 11.2 Å². The number of benzene rings is 3. The van der Waals surface area contributed by atoms with Crippen molar-refractivity contribution < 1.29 is 4.79 Å². The molecule has 0 bridgehead atoms. The van der Waals surface area contributed by atoms with E-state index in [1.807, 2.05) is 81.4 Å². The molecular weight excluding hydrogens is 402 g/mol. The number of para-hydroxylation sites is 2. The SMILES string of the molecule is Cc1cccc(C)c1NC(=O)[C@H](C)Sc1nc(-c2ccccc2)nc2c(C)cccc12. The maximum atomic E-state index is 13.0. The maximum absolute atomic E-state index is 13.0. The molecule has 1 N–H and O–H groups in total. The van der Waals surface area contributed by atoms with Crippen LogP contribution in [0.3, 0.4) is 0 Å². The first kappa shape index (κ1) is 21.1. The number of aromatic nitrogens is 2. The van der Waals surface area contributed by atoms with Gasteiger partial charge in [-0.05, 0) is 44.4 Å². The van der Waals surface area contributed by atoms with E-state index in [1.54, 1.807) is 0 Å². The second-order valence-corrected chi connectivity index (χ2v) is 9.04. The number of carbonyl (C=O) groups excluding carboxylic acids is 1. The number of thioether (sulfide) groups is 1. The van der Waals surface area contributed by atoms with Crippen molar-refractivity contribution in [1.29, 1.82) is 0 Å². The average Bonchev–Trinajstić information content (AvgIpc) is 2.77. The van der Waals surface area contributed by atoms with E-state index >= 15 is 0 Å². The summed E-state index contributed by atoms with van der Waals surface area (Å²) in [6, 6.07) is 22.0. The number of rotatable bonds is 5. The Balaban J connectivity index is 1.68. The fourth-order valence-electron chi connectivity index (χ4n) is 3.53. The van der Waals surface area contributed by atoms with Crippen molar-refractivity contribution in [3.63, 3.8) is 0 Å². The summed E-state index contributed by atoms with van der Waals surface area (Å²) in [4.78, 5) is 22.7. The Labute approximate surface area is 187 Å². The maximum Gasteiger partial charge on any atom is 0.237 e. The molecule has 0 radical (unpaired) electrons. The molecule has 1 heterocycles. The molecule has 156 valence electrons. The highest BCUT2D eigenvalue weighted by Gasteiger charge is 2.20. The second-order valence-electron chi connectivity index (χ2n) is 7.71. The highest BCUT2D eigenvalue weighted by molar-refractivity contribution is 8.00. The van der Waals surface area contributed by atoms with Gasteiger partial charge in [-0.3, -0.25) is 4.79 Å². The zero-order valence-corrected chi connectivity index (χ0v) is 19.0. The van der Waals surface area contributed by atoms with Gasteiger partial charge in [0.05, 0.1) is 10.8 Å². The third-order valence-corrected chi connectivity index (χ3v) is 6.41. The number of nitrogens with one attached hydrogen (secondary N) is 1. The average molecular weight is 428 g/mol. The predicted molar refractivity (Wildman–Crippen MR) is 130 cm³/mol. The number of hydrogen-bond donors (Lipinski definition) is 1. The molecule has 1 aromatic heterocycles. The minimum atomic E-state index is -0.318. The van der Waals surface area contributed by atoms with Gasteiger partial charge in [0.15, 0.2) is 5.82 Å². The Morgan fingerprint density at radius 1 is 0.839 bits per heavy atom. The Bertz CT molecular complexity index is 1230. The van der Waals surface area contributed by atoms with E-state index < -0.39 is 0 Å². The first-order valence-electron chi connectivity index (χ1n) is 10.3. The molecule has 0 spiro atoms. The molecule has 0 aliphatic rings. The van der Waals surface area contributed by atoms with Gasteiger partial charge in [-0.15, -0.1) is 0 Å². The molecule has 0 unspecified atom stereocenters. The summed E-state index contributed by atoms with van der Waals surface area (Å²) in [5.41, 5.74) is 5.96. The molecule has 1 amide bonds. The van der Waals surface area contributed by atoms with Gasteiger partial charge >= 0.3 is 0 Å². The van der Waals surface area contributed by atoms with Gasteiger partial charge < -0.3 is 5.32 Å². The zero-order valence-electron chi connectivity index (χ0n) is 18.1. The van der Waals surface area contributed by atoms with Crippen molar-refractivity contribution in [2.45, 2.75) is 38.0 Å². The molecule has 4 rings (SSSR count). The smallest absolute Gasteiger partial charge is 0.237 e. The van der Waals surface area contributed by atoms with Crippen molar-refractivity contribution in [2.75, 3.05) is 5.32 Å². The van der Waals surface area contributed by atoms with Gasteiger partial charge in [0, 0.05) is 16.6 Å². The van der Waals surface area contributed by atoms with E-state index in [0.717, 1.165) is 43.9 Å². The van der Waals surface area contributed by atoms with Crippen LogP contribution in [0.5, 0.6) is 0 Å². The monoisotopic (exact) mass is 427 g/mol. The lowest BCUT2D eigenvalue weighted by Gasteiger charge is -2.16. The molecule has 0 saturated heterocycles. The minimum absolute atomic E-state index is 0.0388. The van der Waals surface area contributed by atoms with Crippen LogP contribution in [-0.2, 0) is 4.79 Å². The van der Waals surface area contributed by atoms with E-state index in [1.165, 1.54) is 11.8 Å². The largest absolute Gasteiger partial charge is 0.325 e. The van der Waals surface area contributed by atoms with Gasteiger partial charge in [-0.2, -0.15) is 0 Å². The molecule has 0 fully saturated rings. The first-order chi connectivity index (χ1) is 14.9. The van der Waals surface area contributed by atoms with Gasteiger partial charge in [-0.1, -0.05) is 78.5 Å². The Hall–Kier alpha value is -3.18. The Morgan fingerprint density at radius 2 is 1.48 bits per heavy atom.